The molecule has 0 unspecified atom stereocenters. The zero-order valence-electron chi connectivity index (χ0n) is 10.6. The Balaban J connectivity index is 2.17. The molecule has 7 nitrogen and oxygen atoms in total. The fraction of sp³-hybridized carbons (Fsp3) is 0.273. The first kappa shape index (κ1) is 14.6. The van der Waals surface area contributed by atoms with Crippen molar-refractivity contribution in [3.05, 3.63) is 41.3 Å². The fourth-order valence-corrected chi connectivity index (χ4v) is 2.55. The molecule has 0 fully saturated rings. The molecule has 0 atom stereocenters. The number of hydrogen-bond donors (Lipinski definition) is 2. The molecule has 2 aromatic rings. The van der Waals surface area contributed by atoms with Gasteiger partial charge in [0, 0.05) is 12.1 Å². The quantitative estimate of drug-likeness (QED) is 0.829. The van der Waals surface area contributed by atoms with Crippen LogP contribution >= 0.6 is 0 Å². The van der Waals surface area contributed by atoms with E-state index in [1.165, 1.54) is 6.07 Å². The average molecular weight is 300 g/mol. The maximum Gasteiger partial charge on any atom is 0.241 e. The molecule has 0 radical (unpaired) electrons. The van der Waals surface area contributed by atoms with Crippen molar-refractivity contribution in [3.8, 4) is 0 Å². The zero-order valence-corrected chi connectivity index (χ0v) is 11.4. The largest absolute Gasteiger partial charge is 0.338 e. The van der Waals surface area contributed by atoms with Crippen molar-refractivity contribution in [1.29, 1.82) is 0 Å². The standard InChI is InChI=1S/C11H13FN4O3S/c1-7-15-11(19-16-7)6-14-20(17,18)9-2-3-10(12)8(4-9)5-13/h2-4,14H,5-6,13H2,1H3. The van der Waals surface area contributed by atoms with E-state index in [2.05, 4.69) is 14.9 Å². The summed E-state index contributed by atoms with van der Waals surface area (Å²) in [6.07, 6.45) is 0. The van der Waals surface area contributed by atoms with Gasteiger partial charge in [0.05, 0.1) is 11.4 Å². The maximum absolute atomic E-state index is 13.3. The van der Waals surface area contributed by atoms with Gasteiger partial charge in [-0.1, -0.05) is 5.16 Å². The van der Waals surface area contributed by atoms with Gasteiger partial charge in [0.1, 0.15) is 5.82 Å². The van der Waals surface area contributed by atoms with Crippen LogP contribution in [0.2, 0.25) is 0 Å². The Morgan fingerprint density at radius 2 is 2.20 bits per heavy atom. The first-order valence-electron chi connectivity index (χ1n) is 5.70. The lowest BCUT2D eigenvalue weighted by molar-refractivity contribution is 0.372. The van der Waals surface area contributed by atoms with Crippen LogP contribution in [0.5, 0.6) is 0 Å². The number of rotatable bonds is 5. The minimum atomic E-state index is -3.80. The molecule has 0 saturated heterocycles. The molecule has 1 heterocycles. The Bertz CT molecular complexity index is 714. The van der Waals surface area contributed by atoms with E-state index in [1.807, 2.05) is 0 Å². The number of aryl methyl sites for hydroxylation is 1. The van der Waals surface area contributed by atoms with Crippen molar-refractivity contribution in [2.24, 2.45) is 5.73 Å². The average Bonchev–Trinajstić information content (AvgIpc) is 2.83. The molecule has 0 spiro atoms. The number of nitrogens with one attached hydrogen (secondary N) is 1. The van der Waals surface area contributed by atoms with Gasteiger partial charge in [-0.05, 0) is 25.1 Å². The fourth-order valence-electron chi connectivity index (χ4n) is 1.53. The van der Waals surface area contributed by atoms with Crippen LogP contribution in [0.15, 0.2) is 27.6 Å². The Labute approximate surface area is 115 Å². The van der Waals surface area contributed by atoms with Gasteiger partial charge < -0.3 is 10.3 Å². The maximum atomic E-state index is 13.3. The molecule has 1 aromatic heterocycles. The summed E-state index contributed by atoms with van der Waals surface area (Å²) in [7, 11) is -3.80. The Kier molecular flexibility index (Phi) is 4.12. The van der Waals surface area contributed by atoms with Crippen LogP contribution < -0.4 is 10.5 Å². The van der Waals surface area contributed by atoms with Crippen LogP contribution in [0, 0.1) is 12.7 Å². The van der Waals surface area contributed by atoms with Gasteiger partial charge in [-0.25, -0.2) is 17.5 Å². The number of sulfonamides is 1. The lowest BCUT2D eigenvalue weighted by Crippen LogP contribution is -2.23. The lowest BCUT2D eigenvalue weighted by atomic mass is 10.2. The number of halogens is 1. The second kappa shape index (κ2) is 5.65. The van der Waals surface area contributed by atoms with E-state index >= 15 is 0 Å². The van der Waals surface area contributed by atoms with Crippen LogP contribution in [-0.4, -0.2) is 18.6 Å². The minimum absolute atomic E-state index is 0.0735. The van der Waals surface area contributed by atoms with E-state index in [0.717, 1.165) is 12.1 Å². The van der Waals surface area contributed by atoms with E-state index in [4.69, 9.17) is 10.3 Å². The Morgan fingerprint density at radius 1 is 1.45 bits per heavy atom. The molecule has 3 N–H and O–H groups in total. The highest BCUT2D eigenvalue weighted by molar-refractivity contribution is 7.89. The molecule has 9 heteroatoms. The zero-order chi connectivity index (χ0) is 14.8. The van der Waals surface area contributed by atoms with Gasteiger partial charge in [0.15, 0.2) is 5.82 Å². The normalized spacial score (nSPS) is 11.8. The van der Waals surface area contributed by atoms with Crippen LogP contribution in [0.4, 0.5) is 4.39 Å². The van der Waals surface area contributed by atoms with Gasteiger partial charge in [-0.3, -0.25) is 0 Å². The SMILES string of the molecule is Cc1noc(CNS(=O)(=O)c2ccc(F)c(CN)c2)n1. The molecule has 0 saturated carbocycles. The first-order chi connectivity index (χ1) is 9.42. The molecule has 20 heavy (non-hydrogen) atoms. The van der Waals surface area contributed by atoms with Crippen molar-refractivity contribution in [1.82, 2.24) is 14.9 Å². The number of nitrogens with zero attached hydrogens (tertiary/aromatic N) is 2. The molecule has 0 aliphatic heterocycles. The van der Waals surface area contributed by atoms with Crippen molar-refractivity contribution < 1.29 is 17.3 Å². The highest BCUT2D eigenvalue weighted by atomic mass is 32.2. The summed E-state index contributed by atoms with van der Waals surface area (Å²) in [5.41, 5.74) is 5.47. The summed E-state index contributed by atoms with van der Waals surface area (Å²) >= 11 is 0. The van der Waals surface area contributed by atoms with E-state index in [9.17, 15) is 12.8 Å². The Hall–Kier alpha value is -1.84. The summed E-state index contributed by atoms with van der Waals surface area (Å²) in [5, 5.41) is 3.54. The number of hydrogen-bond acceptors (Lipinski definition) is 6. The van der Waals surface area contributed by atoms with Crippen LogP contribution in [0.1, 0.15) is 17.3 Å². The third-order valence-corrected chi connectivity index (χ3v) is 3.93. The van der Waals surface area contributed by atoms with Gasteiger partial charge in [0.2, 0.25) is 15.9 Å². The highest BCUT2D eigenvalue weighted by Crippen LogP contribution is 2.15. The molecular weight excluding hydrogens is 287 g/mol. The minimum Gasteiger partial charge on any atom is -0.338 e. The topological polar surface area (TPSA) is 111 Å². The van der Waals surface area contributed by atoms with Gasteiger partial charge >= 0.3 is 0 Å². The summed E-state index contributed by atoms with van der Waals surface area (Å²) in [6, 6.07) is 3.42. The van der Waals surface area contributed by atoms with Crippen molar-refractivity contribution in [2.45, 2.75) is 24.9 Å². The van der Waals surface area contributed by atoms with E-state index in [-0.39, 0.29) is 29.4 Å². The van der Waals surface area contributed by atoms with Crippen molar-refractivity contribution >= 4 is 10.0 Å². The molecule has 0 aliphatic carbocycles. The summed E-state index contributed by atoms with van der Waals surface area (Å²) in [6.45, 7) is 1.39. The summed E-state index contributed by atoms with van der Waals surface area (Å²) in [5.74, 6) is 0.0117. The third kappa shape index (κ3) is 3.18. The number of benzene rings is 1. The molecular formula is C11H13FN4O3S. The van der Waals surface area contributed by atoms with E-state index < -0.39 is 15.8 Å². The second-order valence-electron chi connectivity index (χ2n) is 4.02. The summed E-state index contributed by atoms with van der Waals surface area (Å²) < 4.78 is 44.4. The monoisotopic (exact) mass is 300 g/mol. The van der Waals surface area contributed by atoms with Gasteiger partial charge in [-0.15, -0.1) is 0 Å². The predicted octanol–water partition coefficient (Wildman–Crippen LogP) is 0.454. The van der Waals surface area contributed by atoms with Crippen LogP contribution in [0.3, 0.4) is 0 Å². The van der Waals surface area contributed by atoms with E-state index in [0.29, 0.717) is 5.82 Å². The van der Waals surface area contributed by atoms with Gasteiger partial charge in [0.25, 0.3) is 0 Å². The molecule has 0 bridgehead atoms. The number of nitrogens with two attached hydrogens (primary N) is 1. The highest BCUT2D eigenvalue weighted by Gasteiger charge is 2.17. The molecule has 0 amide bonds. The number of aromatic nitrogens is 2. The molecule has 0 aliphatic rings. The molecule has 2 rings (SSSR count). The predicted molar refractivity (Wildman–Crippen MR) is 67.4 cm³/mol. The second-order valence-corrected chi connectivity index (χ2v) is 5.78. The van der Waals surface area contributed by atoms with Crippen molar-refractivity contribution in [3.63, 3.8) is 0 Å². The lowest BCUT2D eigenvalue weighted by Gasteiger charge is -2.07. The summed E-state index contributed by atoms with van der Waals surface area (Å²) in [4.78, 5) is 3.80. The third-order valence-electron chi connectivity index (χ3n) is 2.53. The van der Waals surface area contributed by atoms with Crippen molar-refractivity contribution in [2.75, 3.05) is 0 Å². The Morgan fingerprint density at radius 3 is 2.80 bits per heavy atom. The van der Waals surface area contributed by atoms with Gasteiger partial charge in [-0.2, -0.15) is 4.98 Å². The molecule has 108 valence electrons. The van der Waals surface area contributed by atoms with E-state index in [1.54, 1.807) is 6.92 Å². The van der Waals surface area contributed by atoms with Crippen LogP contribution in [-0.2, 0) is 23.1 Å². The first-order valence-corrected chi connectivity index (χ1v) is 7.18. The molecule has 1 aromatic carbocycles. The smallest absolute Gasteiger partial charge is 0.241 e. The van der Waals surface area contributed by atoms with Crippen LogP contribution in [0.25, 0.3) is 0 Å².